The first-order valence-corrected chi connectivity index (χ1v) is 6.17. The van der Waals surface area contributed by atoms with Crippen molar-refractivity contribution in [3.05, 3.63) is 34.9 Å². The third-order valence-electron chi connectivity index (χ3n) is 2.80. The van der Waals surface area contributed by atoms with Gasteiger partial charge >= 0.3 is 0 Å². The highest BCUT2D eigenvalue weighted by Crippen LogP contribution is 2.18. The van der Waals surface area contributed by atoms with Crippen LogP contribution < -0.4 is 0 Å². The van der Waals surface area contributed by atoms with E-state index in [-0.39, 0.29) is 11.3 Å². The summed E-state index contributed by atoms with van der Waals surface area (Å²) in [4.78, 5) is 13.9. The van der Waals surface area contributed by atoms with Crippen molar-refractivity contribution in [2.45, 2.75) is 18.2 Å². The van der Waals surface area contributed by atoms with Gasteiger partial charge in [0, 0.05) is 29.1 Å². The van der Waals surface area contributed by atoms with E-state index in [0.29, 0.717) is 10.6 Å². The summed E-state index contributed by atoms with van der Waals surface area (Å²) in [5.41, 5.74) is 0.692. The van der Waals surface area contributed by atoms with Crippen LogP contribution in [0.3, 0.4) is 0 Å². The fourth-order valence-corrected chi connectivity index (χ4v) is 2.15. The summed E-state index contributed by atoms with van der Waals surface area (Å²) in [6, 6.07) is 7.00. The normalized spacial score (nSPS) is 17.5. The predicted octanol–water partition coefficient (Wildman–Crippen LogP) is 3.18. The van der Waals surface area contributed by atoms with Gasteiger partial charge < -0.3 is 4.90 Å². The van der Waals surface area contributed by atoms with E-state index in [1.165, 1.54) is 0 Å². The van der Waals surface area contributed by atoms with Gasteiger partial charge in [-0.05, 0) is 37.1 Å². The highest BCUT2D eigenvalue weighted by atomic mass is 35.5. The molecule has 1 aromatic rings. The number of amides is 1. The van der Waals surface area contributed by atoms with Crippen molar-refractivity contribution in [1.29, 1.82) is 0 Å². The molecule has 0 bridgehead atoms. The Morgan fingerprint density at radius 3 is 2.31 bits per heavy atom. The Morgan fingerprint density at radius 2 is 1.75 bits per heavy atom. The SMILES string of the molecule is O=C(c1ccc(Cl)cc1)N1CCC(Cl)CC1. The first kappa shape index (κ1) is 11.7. The molecular weight excluding hydrogens is 245 g/mol. The Bertz CT molecular complexity index is 369. The molecule has 1 heterocycles. The summed E-state index contributed by atoms with van der Waals surface area (Å²) in [5.74, 6) is 0.0697. The maximum Gasteiger partial charge on any atom is 0.253 e. The van der Waals surface area contributed by atoms with Crippen molar-refractivity contribution < 1.29 is 4.79 Å². The van der Waals surface area contributed by atoms with Gasteiger partial charge in [0.2, 0.25) is 0 Å². The molecule has 0 saturated carbocycles. The van der Waals surface area contributed by atoms with E-state index >= 15 is 0 Å². The van der Waals surface area contributed by atoms with Crippen LogP contribution in [-0.4, -0.2) is 29.3 Å². The number of hydrogen-bond acceptors (Lipinski definition) is 1. The van der Waals surface area contributed by atoms with E-state index in [2.05, 4.69) is 0 Å². The smallest absolute Gasteiger partial charge is 0.253 e. The van der Waals surface area contributed by atoms with Gasteiger partial charge in [0.25, 0.3) is 5.91 Å². The van der Waals surface area contributed by atoms with Crippen molar-refractivity contribution in [2.75, 3.05) is 13.1 Å². The molecule has 2 nitrogen and oxygen atoms in total. The summed E-state index contributed by atoms with van der Waals surface area (Å²) in [5, 5.41) is 0.866. The van der Waals surface area contributed by atoms with Crippen LogP contribution in [-0.2, 0) is 0 Å². The van der Waals surface area contributed by atoms with Crippen molar-refractivity contribution in [3.63, 3.8) is 0 Å². The van der Waals surface area contributed by atoms with Gasteiger partial charge in [-0.2, -0.15) is 0 Å². The van der Waals surface area contributed by atoms with Crippen LogP contribution in [0, 0.1) is 0 Å². The lowest BCUT2D eigenvalue weighted by Gasteiger charge is -2.29. The molecule has 0 spiro atoms. The minimum atomic E-state index is 0.0697. The van der Waals surface area contributed by atoms with Gasteiger partial charge in [-0.25, -0.2) is 0 Å². The fraction of sp³-hybridized carbons (Fsp3) is 0.417. The molecule has 0 aromatic heterocycles. The van der Waals surface area contributed by atoms with Gasteiger partial charge in [0.05, 0.1) is 0 Å². The van der Waals surface area contributed by atoms with Gasteiger partial charge in [-0.15, -0.1) is 11.6 Å². The van der Waals surface area contributed by atoms with Crippen LogP contribution in [0.4, 0.5) is 0 Å². The van der Waals surface area contributed by atoms with E-state index in [9.17, 15) is 4.79 Å². The summed E-state index contributed by atoms with van der Waals surface area (Å²) < 4.78 is 0. The van der Waals surface area contributed by atoms with Crippen molar-refractivity contribution in [1.82, 2.24) is 4.90 Å². The Labute approximate surface area is 105 Å². The van der Waals surface area contributed by atoms with Crippen molar-refractivity contribution >= 4 is 29.1 Å². The predicted molar refractivity (Wildman–Crippen MR) is 66.2 cm³/mol. The largest absolute Gasteiger partial charge is 0.339 e. The molecule has 0 radical (unpaired) electrons. The second kappa shape index (κ2) is 5.07. The summed E-state index contributed by atoms with van der Waals surface area (Å²) in [6.07, 6.45) is 1.75. The monoisotopic (exact) mass is 257 g/mol. The quantitative estimate of drug-likeness (QED) is 0.708. The highest BCUT2D eigenvalue weighted by Gasteiger charge is 2.22. The van der Waals surface area contributed by atoms with Crippen molar-refractivity contribution in [2.24, 2.45) is 0 Å². The number of alkyl halides is 1. The molecule has 1 fully saturated rings. The third kappa shape index (κ3) is 2.69. The number of rotatable bonds is 1. The average Bonchev–Trinajstić information content (AvgIpc) is 2.30. The van der Waals surface area contributed by atoms with E-state index in [1.807, 2.05) is 4.90 Å². The molecule has 1 aromatic carbocycles. The number of nitrogens with zero attached hydrogens (tertiary/aromatic N) is 1. The molecule has 0 atom stereocenters. The Hall–Kier alpha value is -0.730. The number of likely N-dealkylation sites (tertiary alicyclic amines) is 1. The molecular formula is C12H13Cl2NO. The zero-order valence-corrected chi connectivity index (χ0v) is 10.3. The van der Waals surface area contributed by atoms with Gasteiger partial charge in [-0.1, -0.05) is 11.6 Å². The van der Waals surface area contributed by atoms with E-state index < -0.39 is 0 Å². The van der Waals surface area contributed by atoms with Crippen LogP contribution in [0.2, 0.25) is 5.02 Å². The maximum absolute atomic E-state index is 12.1. The van der Waals surface area contributed by atoms with Crippen LogP contribution in [0.5, 0.6) is 0 Å². The summed E-state index contributed by atoms with van der Waals surface area (Å²) >= 11 is 11.8. The zero-order chi connectivity index (χ0) is 11.5. The summed E-state index contributed by atoms with van der Waals surface area (Å²) in [7, 11) is 0. The highest BCUT2D eigenvalue weighted by molar-refractivity contribution is 6.30. The van der Waals surface area contributed by atoms with E-state index in [4.69, 9.17) is 23.2 Å². The minimum absolute atomic E-state index is 0.0697. The lowest BCUT2D eigenvalue weighted by molar-refractivity contribution is 0.0726. The Balaban J connectivity index is 2.05. The number of carbonyl (C=O) groups excluding carboxylic acids is 1. The van der Waals surface area contributed by atoms with Gasteiger partial charge in [0.1, 0.15) is 0 Å². The molecule has 86 valence electrons. The number of carbonyl (C=O) groups is 1. The molecule has 0 unspecified atom stereocenters. The Morgan fingerprint density at radius 1 is 1.19 bits per heavy atom. The number of benzene rings is 1. The molecule has 4 heteroatoms. The summed E-state index contributed by atoms with van der Waals surface area (Å²) in [6.45, 7) is 1.49. The van der Waals surface area contributed by atoms with Crippen LogP contribution in [0.1, 0.15) is 23.2 Å². The standard InChI is InChI=1S/C12H13Cl2NO/c13-10-3-1-9(2-4-10)12(16)15-7-5-11(14)6-8-15/h1-4,11H,5-8H2. The first-order chi connectivity index (χ1) is 7.66. The molecule has 1 saturated heterocycles. The average molecular weight is 258 g/mol. The number of halogens is 2. The fourth-order valence-electron chi connectivity index (χ4n) is 1.83. The Kier molecular flexibility index (Phi) is 3.72. The van der Waals surface area contributed by atoms with Crippen LogP contribution in [0.15, 0.2) is 24.3 Å². The van der Waals surface area contributed by atoms with Gasteiger partial charge in [-0.3, -0.25) is 4.79 Å². The maximum atomic E-state index is 12.1. The second-order valence-electron chi connectivity index (χ2n) is 3.97. The van der Waals surface area contributed by atoms with E-state index in [0.717, 1.165) is 25.9 Å². The number of piperidine rings is 1. The molecule has 0 N–H and O–H groups in total. The van der Waals surface area contributed by atoms with Crippen molar-refractivity contribution in [3.8, 4) is 0 Å². The molecule has 16 heavy (non-hydrogen) atoms. The van der Waals surface area contributed by atoms with Gasteiger partial charge in [0.15, 0.2) is 0 Å². The van der Waals surface area contributed by atoms with Crippen LogP contribution >= 0.6 is 23.2 Å². The molecule has 1 aliphatic heterocycles. The molecule has 1 amide bonds. The number of hydrogen-bond donors (Lipinski definition) is 0. The van der Waals surface area contributed by atoms with E-state index in [1.54, 1.807) is 24.3 Å². The lowest BCUT2D eigenvalue weighted by Crippen LogP contribution is -2.38. The molecule has 1 aliphatic rings. The minimum Gasteiger partial charge on any atom is -0.339 e. The topological polar surface area (TPSA) is 20.3 Å². The molecule has 0 aliphatic carbocycles. The zero-order valence-electron chi connectivity index (χ0n) is 8.83. The second-order valence-corrected chi connectivity index (χ2v) is 5.03. The lowest BCUT2D eigenvalue weighted by atomic mass is 10.1. The van der Waals surface area contributed by atoms with Crippen LogP contribution in [0.25, 0.3) is 0 Å². The first-order valence-electron chi connectivity index (χ1n) is 5.36. The molecule has 2 rings (SSSR count). The third-order valence-corrected chi connectivity index (χ3v) is 3.49.